The Morgan fingerprint density at radius 2 is 1.77 bits per heavy atom. The fraction of sp³-hybridized carbons (Fsp3) is 0.261. The van der Waals surface area contributed by atoms with Gasteiger partial charge in [0.05, 0.1) is 7.05 Å². The molecule has 134 valence electrons. The molecule has 1 unspecified atom stereocenters. The van der Waals surface area contributed by atoms with E-state index in [4.69, 9.17) is 0 Å². The van der Waals surface area contributed by atoms with E-state index in [-0.39, 0.29) is 5.91 Å². The fourth-order valence-electron chi connectivity index (χ4n) is 3.42. The third-order valence-electron chi connectivity index (χ3n) is 4.79. The summed E-state index contributed by atoms with van der Waals surface area (Å²) in [4.78, 5) is 13.7. The van der Waals surface area contributed by atoms with Crippen LogP contribution in [0.5, 0.6) is 0 Å². The Bertz CT molecular complexity index is 917. The number of rotatable bonds is 6. The first-order valence-corrected chi connectivity index (χ1v) is 9.24. The van der Waals surface area contributed by atoms with E-state index in [1.807, 2.05) is 19.1 Å². The van der Waals surface area contributed by atoms with E-state index >= 15 is 0 Å². The van der Waals surface area contributed by atoms with Gasteiger partial charge in [-0.15, -0.1) is 0 Å². The van der Waals surface area contributed by atoms with Crippen LogP contribution in [0.1, 0.15) is 23.6 Å². The van der Waals surface area contributed by atoms with Crippen molar-refractivity contribution in [2.75, 3.05) is 18.9 Å². The summed E-state index contributed by atoms with van der Waals surface area (Å²) in [6.07, 6.45) is 0.914. The molecular weight excluding hydrogens is 320 g/mol. The van der Waals surface area contributed by atoms with Crippen molar-refractivity contribution in [2.24, 2.45) is 0 Å². The summed E-state index contributed by atoms with van der Waals surface area (Å²) in [5.74, 6) is 0.0623. The summed E-state index contributed by atoms with van der Waals surface area (Å²) in [6.45, 7) is 5.43. The first kappa shape index (κ1) is 18.2. The molecule has 0 saturated carbocycles. The van der Waals surface area contributed by atoms with Crippen LogP contribution >= 0.6 is 0 Å². The Labute approximate surface area is 155 Å². The Morgan fingerprint density at radius 3 is 2.54 bits per heavy atom. The van der Waals surface area contributed by atoms with E-state index in [9.17, 15) is 4.79 Å². The highest BCUT2D eigenvalue weighted by Crippen LogP contribution is 2.20. The van der Waals surface area contributed by atoms with Gasteiger partial charge in [-0.25, -0.2) is 0 Å². The number of hydrogen-bond donors (Lipinski definition) is 2. The lowest BCUT2D eigenvalue weighted by molar-refractivity contribution is -0.885. The fourth-order valence-corrected chi connectivity index (χ4v) is 3.42. The molecule has 1 amide bonds. The average Bonchev–Trinajstić information content (AvgIpc) is 2.63. The number of carbonyl (C=O) groups excluding carboxylic acids is 1. The summed E-state index contributed by atoms with van der Waals surface area (Å²) in [5.41, 5.74) is 4.52. The Kier molecular flexibility index (Phi) is 5.69. The molecule has 26 heavy (non-hydrogen) atoms. The van der Waals surface area contributed by atoms with Gasteiger partial charge in [-0.2, -0.15) is 0 Å². The maximum absolute atomic E-state index is 12.5. The zero-order chi connectivity index (χ0) is 18.5. The van der Waals surface area contributed by atoms with E-state index in [1.54, 1.807) is 0 Å². The van der Waals surface area contributed by atoms with Gasteiger partial charge in [-0.3, -0.25) is 4.79 Å². The molecule has 0 aliphatic heterocycles. The number of fused-ring (bicyclic) bond motifs is 1. The van der Waals surface area contributed by atoms with Crippen LogP contribution in [-0.4, -0.2) is 19.5 Å². The Balaban J connectivity index is 1.64. The van der Waals surface area contributed by atoms with Gasteiger partial charge in [0.2, 0.25) is 0 Å². The molecule has 0 radical (unpaired) electrons. The highest BCUT2D eigenvalue weighted by molar-refractivity contribution is 5.93. The van der Waals surface area contributed by atoms with Crippen LogP contribution in [0.25, 0.3) is 10.8 Å². The third-order valence-corrected chi connectivity index (χ3v) is 4.79. The van der Waals surface area contributed by atoms with Gasteiger partial charge >= 0.3 is 0 Å². The van der Waals surface area contributed by atoms with Crippen LogP contribution < -0.4 is 10.2 Å². The summed E-state index contributed by atoms with van der Waals surface area (Å²) in [7, 11) is 2.06. The minimum atomic E-state index is 0.0623. The molecule has 0 heterocycles. The molecule has 0 aromatic heterocycles. The van der Waals surface area contributed by atoms with Crippen LogP contribution in [0.3, 0.4) is 0 Å². The molecule has 3 heteroatoms. The number of quaternary nitrogens is 1. The van der Waals surface area contributed by atoms with Crippen molar-refractivity contribution in [3.8, 4) is 0 Å². The van der Waals surface area contributed by atoms with Crippen molar-refractivity contribution in [1.82, 2.24) is 0 Å². The van der Waals surface area contributed by atoms with Gasteiger partial charge in [-0.05, 0) is 41.3 Å². The van der Waals surface area contributed by atoms with Crippen LogP contribution in [0.4, 0.5) is 5.69 Å². The van der Waals surface area contributed by atoms with Crippen molar-refractivity contribution >= 4 is 22.4 Å². The van der Waals surface area contributed by atoms with Gasteiger partial charge in [0, 0.05) is 11.3 Å². The minimum absolute atomic E-state index is 0.0623. The van der Waals surface area contributed by atoms with Crippen molar-refractivity contribution in [3.63, 3.8) is 0 Å². The highest BCUT2D eigenvalue weighted by atomic mass is 16.2. The summed E-state index contributed by atoms with van der Waals surface area (Å²) in [5, 5.41) is 5.61. The number of nitrogens with one attached hydrogen (secondary N) is 2. The molecule has 0 aliphatic rings. The van der Waals surface area contributed by atoms with Crippen molar-refractivity contribution < 1.29 is 9.69 Å². The number of likely N-dealkylation sites (N-methyl/N-ethyl adjacent to an activating group) is 1. The number of hydrogen-bond acceptors (Lipinski definition) is 1. The molecule has 2 N–H and O–H groups in total. The van der Waals surface area contributed by atoms with Gasteiger partial charge in [-0.1, -0.05) is 61.5 Å². The van der Waals surface area contributed by atoms with Crippen LogP contribution in [-0.2, 0) is 17.8 Å². The predicted molar refractivity (Wildman–Crippen MR) is 109 cm³/mol. The SMILES string of the molecule is CCc1cccc(C)c1NC(=O)C[NH+](C)Cc1ccc2ccccc2c1. The number of benzene rings is 3. The second-order valence-corrected chi connectivity index (χ2v) is 7.00. The third kappa shape index (κ3) is 4.30. The largest absolute Gasteiger partial charge is 0.326 e. The molecule has 0 spiro atoms. The van der Waals surface area contributed by atoms with E-state index in [0.29, 0.717) is 6.54 Å². The van der Waals surface area contributed by atoms with Crippen LogP contribution in [0.15, 0.2) is 60.7 Å². The maximum Gasteiger partial charge on any atom is 0.279 e. The summed E-state index contributed by atoms with van der Waals surface area (Å²) < 4.78 is 0. The van der Waals surface area contributed by atoms with Crippen LogP contribution in [0, 0.1) is 6.92 Å². The molecular formula is C23H27N2O+. The molecule has 1 atom stereocenters. The molecule has 0 fully saturated rings. The summed E-state index contributed by atoms with van der Waals surface area (Å²) >= 11 is 0. The number of amides is 1. The van der Waals surface area contributed by atoms with Crippen molar-refractivity contribution in [3.05, 3.63) is 77.4 Å². The second-order valence-electron chi connectivity index (χ2n) is 7.00. The van der Waals surface area contributed by atoms with Crippen molar-refractivity contribution in [1.29, 1.82) is 0 Å². The van der Waals surface area contributed by atoms with E-state index in [1.165, 1.54) is 26.8 Å². The molecule has 3 aromatic rings. The van der Waals surface area contributed by atoms with Crippen molar-refractivity contribution in [2.45, 2.75) is 26.8 Å². The van der Waals surface area contributed by atoms with E-state index in [0.717, 1.165) is 24.2 Å². The quantitative estimate of drug-likeness (QED) is 0.704. The maximum atomic E-state index is 12.5. The van der Waals surface area contributed by atoms with E-state index in [2.05, 4.69) is 67.8 Å². The monoisotopic (exact) mass is 347 g/mol. The van der Waals surface area contributed by atoms with Crippen LogP contribution in [0.2, 0.25) is 0 Å². The standard InChI is InChI=1S/C23H26N2O/c1-4-19-11-7-8-17(2)23(19)24-22(26)16-25(3)15-18-12-13-20-9-5-6-10-21(20)14-18/h5-14H,4,15-16H2,1-3H3,(H,24,26)/p+1. The predicted octanol–water partition coefficient (Wildman–Crippen LogP) is 3.36. The normalized spacial score (nSPS) is 12.1. The molecule has 0 saturated heterocycles. The van der Waals surface area contributed by atoms with Gasteiger partial charge in [0.15, 0.2) is 6.54 Å². The molecule has 0 bridgehead atoms. The van der Waals surface area contributed by atoms with Gasteiger partial charge < -0.3 is 10.2 Å². The molecule has 3 nitrogen and oxygen atoms in total. The number of anilines is 1. The Morgan fingerprint density at radius 1 is 1.00 bits per heavy atom. The minimum Gasteiger partial charge on any atom is -0.326 e. The molecule has 3 aromatic carbocycles. The average molecular weight is 347 g/mol. The topological polar surface area (TPSA) is 33.5 Å². The summed E-state index contributed by atoms with van der Waals surface area (Å²) in [6, 6.07) is 21.0. The van der Waals surface area contributed by atoms with E-state index < -0.39 is 0 Å². The smallest absolute Gasteiger partial charge is 0.279 e. The molecule has 3 rings (SSSR count). The first-order chi connectivity index (χ1) is 12.6. The number of carbonyl (C=O) groups is 1. The second kappa shape index (κ2) is 8.15. The zero-order valence-corrected chi connectivity index (χ0v) is 15.8. The number of para-hydroxylation sites is 1. The lowest BCUT2D eigenvalue weighted by atomic mass is 10.1. The highest BCUT2D eigenvalue weighted by Gasteiger charge is 2.13. The zero-order valence-electron chi connectivity index (χ0n) is 15.8. The van der Waals surface area contributed by atoms with Gasteiger partial charge in [0.1, 0.15) is 6.54 Å². The lowest BCUT2D eigenvalue weighted by Crippen LogP contribution is -3.08. The lowest BCUT2D eigenvalue weighted by Gasteiger charge is -2.16. The molecule has 0 aliphatic carbocycles. The number of aryl methyl sites for hydroxylation is 2. The first-order valence-electron chi connectivity index (χ1n) is 9.24. The van der Waals surface area contributed by atoms with Gasteiger partial charge in [0.25, 0.3) is 5.91 Å². The Hall–Kier alpha value is -2.65.